The van der Waals surface area contributed by atoms with E-state index in [1.165, 1.54) is 18.2 Å². The number of carbonyl (C=O) groups is 2. The molecule has 1 aromatic rings. The van der Waals surface area contributed by atoms with Crippen molar-refractivity contribution in [3.05, 3.63) is 35.6 Å². The Morgan fingerprint density at radius 1 is 1.38 bits per heavy atom. The number of benzene rings is 1. The summed E-state index contributed by atoms with van der Waals surface area (Å²) in [6.07, 6.45) is 0.587. The van der Waals surface area contributed by atoms with Gasteiger partial charge in [0.25, 0.3) is 0 Å². The van der Waals surface area contributed by atoms with Crippen LogP contribution >= 0.6 is 0 Å². The van der Waals surface area contributed by atoms with Crippen LogP contribution in [0.4, 0.5) is 4.39 Å². The molecule has 1 atom stereocenters. The Hall–Kier alpha value is -1.91. The summed E-state index contributed by atoms with van der Waals surface area (Å²) in [7, 11) is 0. The van der Waals surface area contributed by atoms with E-state index in [2.05, 4.69) is 0 Å². The average molecular weight is 296 g/mol. The molecule has 1 unspecified atom stereocenters. The van der Waals surface area contributed by atoms with Crippen LogP contribution in [0.2, 0.25) is 0 Å². The van der Waals surface area contributed by atoms with Gasteiger partial charge in [-0.05, 0) is 43.4 Å². The number of hydrogen-bond donors (Lipinski definition) is 1. The SMILES string of the molecule is CCOC(=O)C(CCC(C)C)(C(=O)O)c1cccc(F)c1. The molecular formula is C16H21FO4. The largest absolute Gasteiger partial charge is 0.480 e. The predicted molar refractivity (Wildman–Crippen MR) is 76.4 cm³/mol. The lowest BCUT2D eigenvalue weighted by Gasteiger charge is -2.28. The van der Waals surface area contributed by atoms with Crippen LogP contribution in [0.25, 0.3) is 0 Å². The Morgan fingerprint density at radius 3 is 2.52 bits per heavy atom. The van der Waals surface area contributed by atoms with Crippen LogP contribution in [-0.2, 0) is 19.7 Å². The average Bonchev–Trinajstić information content (AvgIpc) is 2.39. The third-order valence-corrected chi connectivity index (χ3v) is 3.40. The van der Waals surface area contributed by atoms with Gasteiger partial charge in [-0.25, -0.2) is 4.39 Å². The highest BCUT2D eigenvalue weighted by Gasteiger charge is 2.49. The standard InChI is InChI=1S/C16H21FO4/c1-4-21-15(20)16(14(18)19,9-8-11(2)3)12-6-5-7-13(17)10-12/h5-7,10-11H,4,8-9H2,1-3H3,(H,18,19). The van der Waals surface area contributed by atoms with Crippen molar-refractivity contribution in [3.63, 3.8) is 0 Å². The molecule has 0 saturated heterocycles. The second-order valence-electron chi connectivity index (χ2n) is 5.37. The van der Waals surface area contributed by atoms with Crippen molar-refractivity contribution in [2.24, 2.45) is 5.92 Å². The van der Waals surface area contributed by atoms with Crippen LogP contribution in [0.1, 0.15) is 39.2 Å². The third kappa shape index (κ3) is 3.80. The molecule has 0 aromatic heterocycles. The van der Waals surface area contributed by atoms with E-state index < -0.39 is 23.2 Å². The van der Waals surface area contributed by atoms with Crippen molar-refractivity contribution in [2.75, 3.05) is 6.61 Å². The molecule has 0 aliphatic heterocycles. The summed E-state index contributed by atoms with van der Waals surface area (Å²) < 4.78 is 18.4. The van der Waals surface area contributed by atoms with E-state index in [1.807, 2.05) is 13.8 Å². The van der Waals surface area contributed by atoms with Crippen LogP contribution in [0.3, 0.4) is 0 Å². The van der Waals surface area contributed by atoms with Crippen molar-refractivity contribution in [1.29, 1.82) is 0 Å². The first kappa shape index (κ1) is 17.1. The summed E-state index contributed by atoms with van der Waals surface area (Å²) in [5, 5.41) is 9.65. The van der Waals surface area contributed by atoms with Crippen LogP contribution in [0.15, 0.2) is 24.3 Å². The maximum atomic E-state index is 13.5. The Balaban J connectivity index is 3.36. The van der Waals surface area contributed by atoms with Crippen molar-refractivity contribution in [1.82, 2.24) is 0 Å². The second kappa shape index (κ2) is 7.20. The molecule has 0 radical (unpaired) electrons. The summed E-state index contributed by atoms with van der Waals surface area (Å²) in [6.45, 7) is 5.55. The van der Waals surface area contributed by atoms with Gasteiger partial charge < -0.3 is 9.84 Å². The zero-order chi connectivity index (χ0) is 16.0. The summed E-state index contributed by atoms with van der Waals surface area (Å²) in [6, 6.07) is 5.15. The molecule has 0 amide bonds. The monoisotopic (exact) mass is 296 g/mol. The molecule has 0 bridgehead atoms. The first-order chi connectivity index (χ1) is 9.84. The number of ether oxygens (including phenoxy) is 1. The van der Waals surface area contributed by atoms with E-state index in [-0.39, 0.29) is 24.5 Å². The number of esters is 1. The highest BCUT2D eigenvalue weighted by atomic mass is 19.1. The van der Waals surface area contributed by atoms with E-state index in [0.29, 0.717) is 6.42 Å². The normalized spacial score (nSPS) is 13.8. The summed E-state index contributed by atoms with van der Waals surface area (Å²) in [5.74, 6) is -2.52. The van der Waals surface area contributed by atoms with Crippen molar-refractivity contribution < 1.29 is 23.8 Å². The maximum absolute atomic E-state index is 13.5. The van der Waals surface area contributed by atoms with Crippen LogP contribution in [0, 0.1) is 11.7 Å². The number of rotatable bonds is 7. The molecule has 1 N–H and O–H groups in total. The first-order valence-corrected chi connectivity index (χ1v) is 7.01. The zero-order valence-electron chi connectivity index (χ0n) is 12.6. The molecule has 4 nitrogen and oxygen atoms in total. The minimum Gasteiger partial charge on any atom is -0.480 e. The zero-order valence-corrected chi connectivity index (χ0v) is 12.6. The molecule has 116 valence electrons. The smallest absolute Gasteiger partial charge is 0.328 e. The van der Waals surface area contributed by atoms with Gasteiger partial charge in [-0.3, -0.25) is 9.59 Å². The van der Waals surface area contributed by atoms with E-state index in [1.54, 1.807) is 6.92 Å². The van der Waals surface area contributed by atoms with Gasteiger partial charge in [-0.15, -0.1) is 0 Å². The van der Waals surface area contributed by atoms with Crippen LogP contribution < -0.4 is 0 Å². The molecule has 0 aliphatic rings. The fraction of sp³-hybridized carbons (Fsp3) is 0.500. The lowest BCUT2D eigenvalue weighted by atomic mass is 9.75. The van der Waals surface area contributed by atoms with E-state index in [0.717, 1.165) is 6.07 Å². The number of hydrogen-bond acceptors (Lipinski definition) is 3. The number of carboxylic acids is 1. The van der Waals surface area contributed by atoms with Gasteiger partial charge in [0, 0.05) is 0 Å². The van der Waals surface area contributed by atoms with Gasteiger partial charge >= 0.3 is 11.9 Å². The number of halogens is 1. The molecule has 1 rings (SSSR count). The Kier molecular flexibility index (Phi) is 5.88. The van der Waals surface area contributed by atoms with Crippen molar-refractivity contribution in [3.8, 4) is 0 Å². The van der Waals surface area contributed by atoms with Gasteiger partial charge in [-0.2, -0.15) is 0 Å². The first-order valence-electron chi connectivity index (χ1n) is 7.01. The Bertz CT molecular complexity index is 513. The van der Waals surface area contributed by atoms with Gasteiger partial charge in [0.2, 0.25) is 0 Å². The molecular weight excluding hydrogens is 275 g/mol. The summed E-state index contributed by atoms with van der Waals surface area (Å²) in [4.78, 5) is 24.1. The molecule has 5 heteroatoms. The van der Waals surface area contributed by atoms with E-state index in [9.17, 15) is 19.1 Å². The second-order valence-corrected chi connectivity index (χ2v) is 5.37. The van der Waals surface area contributed by atoms with Gasteiger partial charge in [-0.1, -0.05) is 26.0 Å². The van der Waals surface area contributed by atoms with E-state index >= 15 is 0 Å². The molecule has 0 spiro atoms. The summed E-state index contributed by atoms with van der Waals surface area (Å²) >= 11 is 0. The van der Waals surface area contributed by atoms with Gasteiger partial charge in [0.1, 0.15) is 5.82 Å². The molecule has 0 aliphatic carbocycles. The quantitative estimate of drug-likeness (QED) is 0.620. The fourth-order valence-electron chi connectivity index (χ4n) is 2.20. The Morgan fingerprint density at radius 2 is 2.05 bits per heavy atom. The van der Waals surface area contributed by atoms with Crippen molar-refractivity contribution >= 4 is 11.9 Å². The molecule has 0 heterocycles. The van der Waals surface area contributed by atoms with Gasteiger partial charge in [0.05, 0.1) is 6.61 Å². The number of carboxylic acid groups (broad SMARTS) is 1. The molecule has 0 fully saturated rings. The van der Waals surface area contributed by atoms with Crippen molar-refractivity contribution in [2.45, 2.75) is 39.0 Å². The highest BCUT2D eigenvalue weighted by Crippen LogP contribution is 2.33. The van der Waals surface area contributed by atoms with E-state index in [4.69, 9.17) is 4.74 Å². The van der Waals surface area contributed by atoms with Gasteiger partial charge in [0.15, 0.2) is 5.41 Å². The molecule has 0 saturated carbocycles. The topological polar surface area (TPSA) is 63.6 Å². The fourth-order valence-corrected chi connectivity index (χ4v) is 2.20. The minimum absolute atomic E-state index is 0.0717. The summed E-state index contributed by atoms with van der Waals surface area (Å²) in [5.41, 5.74) is -1.74. The third-order valence-electron chi connectivity index (χ3n) is 3.40. The number of aliphatic carboxylic acids is 1. The molecule has 21 heavy (non-hydrogen) atoms. The van der Waals surface area contributed by atoms with Crippen LogP contribution in [-0.4, -0.2) is 23.7 Å². The Labute approximate surface area is 123 Å². The lowest BCUT2D eigenvalue weighted by molar-refractivity contribution is -0.162. The molecule has 1 aromatic carbocycles. The highest BCUT2D eigenvalue weighted by molar-refractivity contribution is 6.05. The predicted octanol–water partition coefficient (Wildman–Crippen LogP) is 3.15. The maximum Gasteiger partial charge on any atom is 0.328 e. The lowest BCUT2D eigenvalue weighted by Crippen LogP contribution is -2.45. The number of carbonyl (C=O) groups excluding carboxylic acids is 1. The minimum atomic E-state index is -1.86. The van der Waals surface area contributed by atoms with Crippen LogP contribution in [0.5, 0.6) is 0 Å².